The minimum Gasteiger partial charge on any atom is -0.349 e. The lowest BCUT2D eigenvalue weighted by atomic mass is 10.0. The van der Waals surface area contributed by atoms with Crippen LogP contribution in [-0.2, 0) is 13.1 Å². The summed E-state index contributed by atoms with van der Waals surface area (Å²) < 4.78 is 3.93. The van der Waals surface area contributed by atoms with Crippen molar-refractivity contribution in [3.8, 4) is 0 Å². The summed E-state index contributed by atoms with van der Waals surface area (Å²) in [5, 5.41) is 17.3. The molecule has 0 radical (unpaired) electrons. The molecule has 2 aliphatic rings. The third-order valence-electron chi connectivity index (χ3n) is 5.84. The van der Waals surface area contributed by atoms with Crippen molar-refractivity contribution in [2.45, 2.75) is 38.8 Å². The van der Waals surface area contributed by atoms with Gasteiger partial charge < -0.3 is 9.80 Å². The Morgan fingerprint density at radius 3 is 2.89 bits per heavy atom. The molecule has 3 aromatic heterocycles. The topological polar surface area (TPSA) is 67.4 Å². The van der Waals surface area contributed by atoms with Gasteiger partial charge in [-0.1, -0.05) is 6.42 Å². The van der Waals surface area contributed by atoms with Gasteiger partial charge >= 0.3 is 0 Å². The van der Waals surface area contributed by atoms with Crippen LogP contribution in [0, 0.1) is 5.92 Å². The first-order chi connectivity index (χ1) is 13.3. The quantitative estimate of drug-likeness (QED) is 0.702. The average Bonchev–Trinajstić information content (AvgIpc) is 3.31. The maximum atomic E-state index is 4.72. The van der Waals surface area contributed by atoms with Crippen LogP contribution in [0.1, 0.15) is 31.4 Å². The van der Waals surface area contributed by atoms with E-state index >= 15 is 0 Å². The molecular formula is C19H26N8. The number of nitrogens with zero attached hydrogens (tertiary/aromatic N) is 8. The third kappa shape index (κ3) is 3.53. The van der Waals surface area contributed by atoms with E-state index in [4.69, 9.17) is 5.10 Å². The molecule has 1 fully saturated rings. The summed E-state index contributed by atoms with van der Waals surface area (Å²) in [5.74, 6) is 1.53. The number of piperidine rings is 1. The normalized spacial score (nSPS) is 21.3. The van der Waals surface area contributed by atoms with Crippen LogP contribution in [0.15, 0.2) is 30.7 Å². The molecule has 1 atom stereocenters. The van der Waals surface area contributed by atoms with Crippen molar-refractivity contribution in [1.82, 2.24) is 34.5 Å². The van der Waals surface area contributed by atoms with E-state index in [0.29, 0.717) is 5.92 Å². The summed E-state index contributed by atoms with van der Waals surface area (Å²) >= 11 is 0. The van der Waals surface area contributed by atoms with Crippen molar-refractivity contribution in [2.75, 3.05) is 31.1 Å². The summed E-state index contributed by atoms with van der Waals surface area (Å²) in [6, 6.07) is 6.16. The zero-order valence-electron chi connectivity index (χ0n) is 15.6. The van der Waals surface area contributed by atoms with E-state index in [9.17, 15) is 0 Å². The molecule has 5 heterocycles. The Labute approximate surface area is 158 Å². The van der Waals surface area contributed by atoms with Gasteiger partial charge in [-0.2, -0.15) is 9.61 Å². The molecule has 1 saturated heterocycles. The fraction of sp³-hybridized carbons (Fsp3) is 0.579. The van der Waals surface area contributed by atoms with Crippen LogP contribution in [0.3, 0.4) is 0 Å². The molecule has 3 aromatic rings. The van der Waals surface area contributed by atoms with Crippen LogP contribution in [0.25, 0.3) is 5.65 Å². The van der Waals surface area contributed by atoms with E-state index in [1.54, 1.807) is 10.8 Å². The highest BCUT2D eigenvalue weighted by atomic mass is 15.4. The number of likely N-dealkylation sites (tertiary alicyclic amines) is 1. The van der Waals surface area contributed by atoms with Crippen molar-refractivity contribution >= 4 is 11.5 Å². The third-order valence-corrected chi connectivity index (χ3v) is 5.84. The number of anilines is 1. The van der Waals surface area contributed by atoms with E-state index in [0.717, 1.165) is 31.1 Å². The summed E-state index contributed by atoms with van der Waals surface area (Å²) in [5.41, 5.74) is 2.03. The van der Waals surface area contributed by atoms with E-state index in [1.165, 1.54) is 51.0 Å². The highest BCUT2D eigenvalue weighted by molar-refractivity contribution is 5.45. The Hall–Kier alpha value is -2.48. The van der Waals surface area contributed by atoms with E-state index < -0.39 is 0 Å². The van der Waals surface area contributed by atoms with Crippen LogP contribution < -0.4 is 4.90 Å². The Kier molecular flexibility index (Phi) is 4.49. The Morgan fingerprint density at radius 2 is 1.96 bits per heavy atom. The molecule has 0 spiro atoms. The largest absolute Gasteiger partial charge is 0.349 e. The monoisotopic (exact) mass is 366 g/mol. The number of rotatable bonds is 4. The summed E-state index contributed by atoms with van der Waals surface area (Å²) in [6.45, 7) is 6.53. The van der Waals surface area contributed by atoms with Gasteiger partial charge in [0.15, 0.2) is 5.65 Å². The van der Waals surface area contributed by atoms with Crippen molar-refractivity contribution < 1.29 is 0 Å². The highest BCUT2D eigenvalue weighted by Gasteiger charge is 2.24. The van der Waals surface area contributed by atoms with Crippen LogP contribution >= 0.6 is 0 Å². The maximum absolute atomic E-state index is 4.72. The molecule has 0 aliphatic carbocycles. The maximum Gasteiger partial charge on any atom is 0.177 e. The molecule has 8 heteroatoms. The Balaban J connectivity index is 1.36. The van der Waals surface area contributed by atoms with Crippen molar-refractivity contribution in [3.63, 3.8) is 0 Å². The van der Waals surface area contributed by atoms with Gasteiger partial charge in [0.2, 0.25) is 0 Å². The lowest BCUT2D eigenvalue weighted by Crippen LogP contribution is -2.34. The molecule has 2 aliphatic heterocycles. The van der Waals surface area contributed by atoms with Crippen LogP contribution in [0.2, 0.25) is 0 Å². The Morgan fingerprint density at radius 1 is 1.04 bits per heavy atom. The summed E-state index contributed by atoms with van der Waals surface area (Å²) in [4.78, 5) is 5.00. The zero-order valence-corrected chi connectivity index (χ0v) is 15.6. The van der Waals surface area contributed by atoms with E-state index in [1.807, 2.05) is 12.3 Å². The van der Waals surface area contributed by atoms with Gasteiger partial charge in [0.05, 0.1) is 12.2 Å². The molecule has 0 bridgehead atoms. The average molecular weight is 366 g/mol. The molecular weight excluding hydrogens is 340 g/mol. The molecule has 0 saturated carbocycles. The fourth-order valence-corrected chi connectivity index (χ4v) is 4.33. The van der Waals surface area contributed by atoms with Gasteiger partial charge in [-0.15, -0.1) is 15.3 Å². The number of aromatic nitrogens is 6. The molecule has 0 aromatic carbocycles. The first kappa shape index (κ1) is 16.7. The van der Waals surface area contributed by atoms with Gasteiger partial charge in [0.25, 0.3) is 0 Å². The first-order valence-electron chi connectivity index (χ1n) is 10.0. The molecule has 8 nitrogen and oxygen atoms in total. The van der Waals surface area contributed by atoms with E-state index in [-0.39, 0.29) is 0 Å². The number of fused-ring (bicyclic) bond motifs is 2. The second-order valence-corrected chi connectivity index (χ2v) is 7.77. The van der Waals surface area contributed by atoms with Crippen molar-refractivity contribution in [1.29, 1.82) is 0 Å². The minimum atomic E-state index is 0.562. The lowest BCUT2D eigenvalue weighted by Gasteiger charge is -2.29. The van der Waals surface area contributed by atoms with Gasteiger partial charge in [-0.3, -0.25) is 4.68 Å². The van der Waals surface area contributed by atoms with Crippen LogP contribution in [0.4, 0.5) is 5.82 Å². The molecule has 0 N–H and O–H groups in total. The zero-order chi connectivity index (χ0) is 18.1. The summed E-state index contributed by atoms with van der Waals surface area (Å²) in [6.07, 6.45) is 8.86. The van der Waals surface area contributed by atoms with Gasteiger partial charge in [0.1, 0.15) is 12.1 Å². The molecule has 0 amide bonds. The molecule has 1 unspecified atom stereocenters. The van der Waals surface area contributed by atoms with Crippen LogP contribution in [-0.4, -0.2) is 60.7 Å². The fourth-order valence-electron chi connectivity index (χ4n) is 4.33. The SMILES string of the molecule is c1cc2n(n1)CC(CCN1CCCCC1)CN(c1ccc3nncn3n1)C2. The van der Waals surface area contributed by atoms with Gasteiger partial charge in [-0.05, 0) is 63.0 Å². The molecule has 27 heavy (non-hydrogen) atoms. The molecule has 5 rings (SSSR count). The number of hydrogen-bond acceptors (Lipinski definition) is 6. The first-order valence-corrected chi connectivity index (χ1v) is 10.0. The second-order valence-electron chi connectivity index (χ2n) is 7.77. The van der Waals surface area contributed by atoms with Crippen LogP contribution in [0.5, 0.6) is 0 Å². The Bertz CT molecular complexity index is 894. The van der Waals surface area contributed by atoms with E-state index in [2.05, 4.69) is 41.9 Å². The highest BCUT2D eigenvalue weighted by Crippen LogP contribution is 2.23. The smallest absolute Gasteiger partial charge is 0.177 e. The van der Waals surface area contributed by atoms with Crippen molar-refractivity contribution in [2.24, 2.45) is 5.92 Å². The molecule has 142 valence electrons. The number of hydrogen-bond donors (Lipinski definition) is 0. The predicted molar refractivity (Wildman–Crippen MR) is 102 cm³/mol. The summed E-state index contributed by atoms with van der Waals surface area (Å²) in [7, 11) is 0. The lowest BCUT2D eigenvalue weighted by molar-refractivity contribution is 0.208. The standard InChI is InChI=1S/C19H26N8/c1-2-9-24(10-3-1)11-7-16-12-25(14-17-6-8-21-26(17)13-16)19-5-4-18-22-20-15-27(18)23-19/h4-6,8,15-16H,1-3,7,9-14H2. The van der Waals surface area contributed by atoms with Gasteiger partial charge in [0, 0.05) is 19.3 Å². The van der Waals surface area contributed by atoms with Gasteiger partial charge in [-0.25, -0.2) is 0 Å². The minimum absolute atomic E-state index is 0.562. The van der Waals surface area contributed by atoms with Crippen molar-refractivity contribution in [3.05, 3.63) is 36.4 Å². The second kappa shape index (κ2) is 7.26. The predicted octanol–water partition coefficient (Wildman–Crippen LogP) is 1.83.